The standard InChI is InChI=1S/C13H10ClN5O/c1-16-12-5-4-10(18-19-12)13(20)17-11-6-9(14)3-2-8(11)7-15/h2-6H,1H3,(H,16,19)(H,17,20). The summed E-state index contributed by atoms with van der Waals surface area (Å²) in [6, 6.07) is 9.76. The number of amides is 1. The third-order valence-corrected chi connectivity index (χ3v) is 2.74. The molecule has 1 heterocycles. The summed E-state index contributed by atoms with van der Waals surface area (Å²) in [6.45, 7) is 0. The van der Waals surface area contributed by atoms with Crippen LogP contribution in [0.1, 0.15) is 16.1 Å². The fourth-order valence-corrected chi connectivity index (χ4v) is 1.66. The highest BCUT2D eigenvalue weighted by Gasteiger charge is 2.11. The Morgan fingerprint density at radius 2 is 2.10 bits per heavy atom. The zero-order valence-electron chi connectivity index (χ0n) is 10.5. The third-order valence-electron chi connectivity index (χ3n) is 2.50. The van der Waals surface area contributed by atoms with Crippen LogP contribution in [0.5, 0.6) is 0 Å². The molecule has 0 saturated heterocycles. The van der Waals surface area contributed by atoms with E-state index in [9.17, 15) is 4.79 Å². The van der Waals surface area contributed by atoms with E-state index >= 15 is 0 Å². The molecule has 2 rings (SSSR count). The Morgan fingerprint density at radius 3 is 2.70 bits per heavy atom. The summed E-state index contributed by atoms with van der Waals surface area (Å²) in [6.07, 6.45) is 0. The van der Waals surface area contributed by atoms with Gasteiger partial charge in [0.2, 0.25) is 0 Å². The lowest BCUT2D eigenvalue weighted by molar-refractivity contribution is 0.102. The van der Waals surface area contributed by atoms with Crippen LogP contribution in [0, 0.1) is 11.3 Å². The average Bonchev–Trinajstić information content (AvgIpc) is 2.47. The molecular formula is C13H10ClN5O. The zero-order valence-corrected chi connectivity index (χ0v) is 11.3. The van der Waals surface area contributed by atoms with E-state index in [0.29, 0.717) is 22.1 Å². The van der Waals surface area contributed by atoms with E-state index in [1.165, 1.54) is 18.2 Å². The van der Waals surface area contributed by atoms with E-state index < -0.39 is 5.91 Å². The molecule has 6 nitrogen and oxygen atoms in total. The highest BCUT2D eigenvalue weighted by Crippen LogP contribution is 2.20. The molecule has 1 aromatic carbocycles. The van der Waals surface area contributed by atoms with Crippen molar-refractivity contribution >= 4 is 29.0 Å². The van der Waals surface area contributed by atoms with E-state index in [4.69, 9.17) is 16.9 Å². The number of hydrogen-bond donors (Lipinski definition) is 2. The van der Waals surface area contributed by atoms with Crippen molar-refractivity contribution in [3.63, 3.8) is 0 Å². The molecule has 0 aliphatic carbocycles. The number of aromatic nitrogens is 2. The van der Waals surface area contributed by atoms with Gasteiger partial charge in [0.1, 0.15) is 11.9 Å². The fourth-order valence-electron chi connectivity index (χ4n) is 1.49. The number of halogens is 1. The molecule has 2 aromatic rings. The number of carbonyl (C=O) groups is 1. The van der Waals surface area contributed by atoms with Crippen LogP contribution in [0.25, 0.3) is 0 Å². The Hall–Kier alpha value is -2.65. The van der Waals surface area contributed by atoms with Gasteiger partial charge in [0.05, 0.1) is 11.3 Å². The predicted octanol–water partition coefficient (Wildman–Crippen LogP) is 2.30. The second-order valence-electron chi connectivity index (χ2n) is 3.81. The quantitative estimate of drug-likeness (QED) is 0.904. The largest absolute Gasteiger partial charge is 0.372 e. The normalized spacial score (nSPS) is 9.65. The molecule has 0 spiro atoms. The summed E-state index contributed by atoms with van der Waals surface area (Å²) < 4.78 is 0. The van der Waals surface area contributed by atoms with Crippen LogP contribution in [0.15, 0.2) is 30.3 Å². The number of nitrogens with one attached hydrogen (secondary N) is 2. The summed E-state index contributed by atoms with van der Waals surface area (Å²) in [5, 5.41) is 22.4. The van der Waals surface area contributed by atoms with Crippen molar-refractivity contribution in [1.82, 2.24) is 10.2 Å². The van der Waals surface area contributed by atoms with Gasteiger partial charge in [-0.25, -0.2) is 0 Å². The first-order valence-corrected chi connectivity index (χ1v) is 6.04. The Kier molecular flexibility index (Phi) is 4.13. The SMILES string of the molecule is CNc1ccc(C(=O)Nc2cc(Cl)ccc2C#N)nn1. The number of hydrogen-bond acceptors (Lipinski definition) is 5. The van der Waals surface area contributed by atoms with Gasteiger partial charge in [0.15, 0.2) is 5.69 Å². The van der Waals surface area contributed by atoms with Gasteiger partial charge < -0.3 is 10.6 Å². The number of rotatable bonds is 3. The second kappa shape index (κ2) is 5.99. The number of benzene rings is 1. The highest BCUT2D eigenvalue weighted by atomic mass is 35.5. The minimum Gasteiger partial charge on any atom is -0.372 e. The average molecular weight is 288 g/mol. The first-order chi connectivity index (χ1) is 9.63. The molecule has 7 heteroatoms. The van der Waals surface area contributed by atoms with Crippen LogP contribution in [-0.4, -0.2) is 23.2 Å². The van der Waals surface area contributed by atoms with Crippen LogP contribution in [0.3, 0.4) is 0 Å². The Morgan fingerprint density at radius 1 is 1.30 bits per heavy atom. The Balaban J connectivity index is 2.23. The van der Waals surface area contributed by atoms with Gasteiger partial charge in [-0.05, 0) is 30.3 Å². The topological polar surface area (TPSA) is 90.7 Å². The van der Waals surface area contributed by atoms with Crippen LogP contribution in [-0.2, 0) is 0 Å². The molecule has 0 aliphatic heterocycles. The lowest BCUT2D eigenvalue weighted by Crippen LogP contribution is -2.15. The van der Waals surface area contributed by atoms with Gasteiger partial charge >= 0.3 is 0 Å². The number of anilines is 2. The van der Waals surface area contributed by atoms with E-state index in [-0.39, 0.29) is 5.69 Å². The van der Waals surface area contributed by atoms with Crippen molar-refractivity contribution < 1.29 is 4.79 Å². The van der Waals surface area contributed by atoms with E-state index in [1.807, 2.05) is 6.07 Å². The molecule has 1 amide bonds. The molecule has 0 atom stereocenters. The summed E-state index contributed by atoms with van der Waals surface area (Å²) in [4.78, 5) is 12.0. The molecule has 1 aromatic heterocycles. The lowest BCUT2D eigenvalue weighted by Gasteiger charge is -2.07. The summed E-state index contributed by atoms with van der Waals surface area (Å²) >= 11 is 5.85. The summed E-state index contributed by atoms with van der Waals surface area (Å²) in [7, 11) is 1.70. The number of nitriles is 1. The molecule has 2 N–H and O–H groups in total. The van der Waals surface area contributed by atoms with Crippen molar-refractivity contribution in [2.24, 2.45) is 0 Å². The molecule has 0 bridgehead atoms. The first kappa shape index (κ1) is 13.8. The molecule has 0 fully saturated rings. The van der Waals surface area contributed by atoms with Crippen LogP contribution in [0.2, 0.25) is 5.02 Å². The maximum Gasteiger partial charge on any atom is 0.276 e. The first-order valence-electron chi connectivity index (χ1n) is 5.66. The van der Waals surface area contributed by atoms with Crippen LogP contribution >= 0.6 is 11.6 Å². The highest BCUT2D eigenvalue weighted by molar-refractivity contribution is 6.31. The molecule has 0 radical (unpaired) electrons. The molecule has 0 aliphatic rings. The van der Waals surface area contributed by atoms with Crippen molar-refractivity contribution in [1.29, 1.82) is 5.26 Å². The molecule has 0 saturated carbocycles. The maximum absolute atomic E-state index is 12.0. The second-order valence-corrected chi connectivity index (χ2v) is 4.25. The van der Waals surface area contributed by atoms with Crippen LogP contribution < -0.4 is 10.6 Å². The minimum absolute atomic E-state index is 0.146. The van der Waals surface area contributed by atoms with Gasteiger partial charge in [-0.15, -0.1) is 10.2 Å². The molecule has 0 unspecified atom stereocenters. The lowest BCUT2D eigenvalue weighted by atomic mass is 10.2. The van der Waals surface area contributed by atoms with E-state index in [0.717, 1.165) is 0 Å². The van der Waals surface area contributed by atoms with Crippen molar-refractivity contribution in [2.45, 2.75) is 0 Å². The van der Waals surface area contributed by atoms with Crippen LogP contribution in [0.4, 0.5) is 11.5 Å². The van der Waals surface area contributed by atoms with Gasteiger partial charge in [-0.1, -0.05) is 11.6 Å². The zero-order chi connectivity index (χ0) is 14.5. The monoisotopic (exact) mass is 287 g/mol. The predicted molar refractivity (Wildman–Crippen MR) is 75.7 cm³/mol. The van der Waals surface area contributed by atoms with Crippen molar-refractivity contribution in [3.8, 4) is 6.07 Å². The Bertz CT molecular complexity index is 678. The molecular weight excluding hydrogens is 278 g/mol. The summed E-state index contributed by atoms with van der Waals surface area (Å²) in [5.74, 6) is 0.0981. The van der Waals surface area contributed by atoms with E-state index in [2.05, 4.69) is 20.8 Å². The van der Waals surface area contributed by atoms with Gasteiger partial charge in [0, 0.05) is 12.1 Å². The van der Waals surface area contributed by atoms with Crippen molar-refractivity contribution in [3.05, 3.63) is 46.6 Å². The van der Waals surface area contributed by atoms with E-state index in [1.54, 1.807) is 19.2 Å². The number of carbonyl (C=O) groups excluding carboxylic acids is 1. The molecule has 20 heavy (non-hydrogen) atoms. The maximum atomic E-state index is 12.0. The van der Waals surface area contributed by atoms with Gasteiger partial charge in [-0.2, -0.15) is 5.26 Å². The fraction of sp³-hybridized carbons (Fsp3) is 0.0769. The van der Waals surface area contributed by atoms with Gasteiger partial charge in [0.25, 0.3) is 5.91 Å². The number of nitrogens with zero attached hydrogens (tertiary/aromatic N) is 3. The summed E-state index contributed by atoms with van der Waals surface area (Å²) in [5.41, 5.74) is 0.805. The van der Waals surface area contributed by atoms with Crippen molar-refractivity contribution in [2.75, 3.05) is 17.7 Å². The Labute approximate surface area is 120 Å². The minimum atomic E-state index is -0.459. The smallest absolute Gasteiger partial charge is 0.276 e. The third kappa shape index (κ3) is 3.02. The van der Waals surface area contributed by atoms with Gasteiger partial charge in [-0.3, -0.25) is 4.79 Å². The molecule has 100 valence electrons.